The molecular formula is C19H20FN3O3. The van der Waals surface area contributed by atoms with Gasteiger partial charge in [0.2, 0.25) is 0 Å². The lowest BCUT2D eigenvalue weighted by Gasteiger charge is -2.23. The minimum absolute atomic E-state index is 0.00246. The molecule has 2 heterocycles. The van der Waals surface area contributed by atoms with Crippen molar-refractivity contribution in [1.29, 1.82) is 0 Å². The topological polar surface area (TPSA) is 75.4 Å². The van der Waals surface area contributed by atoms with Crippen LogP contribution in [0.1, 0.15) is 35.5 Å². The van der Waals surface area contributed by atoms with E-state index in [-0.39, 0.29) is 17.9 Å². The molecule has 1 aliphatic rings. The minimum Gasteiger partial charge on any atom is -0.507 e. The molecule has 0 aliphatic carbocycles. The monoisotopic (exact) mass is 357 g/mol. The average molecular weight is 357 g/mol. The highest BCUT2D eigenvalue weighted by molar-refractivity contribution is 6.46. The van der Waals surface area contributed by atoms with Gasteiger partial charge in [-0.15, -0.1) is 0 Å². The summed E-state index contributed by atoms with van der Waals surface area (Å²) in [6.45, 7) is 5.54. The van der Waals surface area contributed by atoms with Gasteiger partial charge in [0.15, 0.2) is 0 Å². The number of amides is 1. The van der Waals surface area contributed by atoms with Crippen molar-refractivity contribution >= 4 is 17.4 Å². The van der Waals surface area contributed by atoms with E-state index in [2.05, 4.69) is 5.10 Å². The van der Waals surface area contributed by atoms with E-state index in [9.17, 15) is 19.1 Å². The molecule has 6 nitrogen and oxygen atoms in total. The maximum absolute atomic E-state index is 13.3. The van der Waals surface area contributed by atoms with Crippen molar-refractivity contribution in [2.24, 2.45) is 7.05 Å². The Bertz CT molecular complexity index is 928. The number of nitrogens with zero attached hydrogens (tertiary/aromatic N) is 3. The second kappa shape index (κ2) is 6.40. The Hall–Kier alpha value is -2.96. The van der Waals surface area contributed by atoms with E-state index in [4.69, 9.17) is 0 Å². The van der Waals surface area contributed by atoms with Gasteiger partial charge in [-0.25, -0.2) is 4.39 Å². The predicted molar refractivity (Wildman–Crippen MR) is 93.8 cm³/mol. The molecule has 136 valence electrons. The SMILES string of the molecule is CCN1C(=O)C(=O)/C(=C(/O)c2c(C)nn(C)c2C)C1c1ccc(F)cc1. The molecule has 1 aromatic heterocycles. The molecule has 0 spiro atoms. The smallest absolute Gasteiger partial charge is 0.295 e. The maximum atomic E-state index is 13.3. The van der Waals surface area contributed by atoms with Gasteiger partial charge >= 0.3 is 0 Å². The van der Waals surface area contributed by atoms with Gasteiger partial charge in [-0.1, -0.05) is 12.1 Å². The number of rotatable bonds is 3. The molecule has 3 rings (SSSR count). The first-order chi connectivity index (χ1) is 12.3. The number of likely N-dealkylation sites (N-methyl/N-ethyl adjacent to an activating group) is 1. The van der Waals surface area contributed by atoms with E-state index in [1.54, 1.807) is 32.5 Å². The third kappa shape index (κ3) is 2.60. The van der Waals surface area contributed by atoms with E-state index in [1.165, 1.54) is 29.2 Å². The van der Waals surface area contributed by atoms with Crippen LogP contribution >= 0.6 is 0 Å². The lowest BCUT2D eigenvalue weighted by atomic mass is 9.94. The fourth-order valence-corrected chi connectivity index (χ4v) is 3.45. The van der Waals surface area contributed by atoms with Crippen LogP contribution in [-0.2, 0) is 16.6 Å². The third-order valence-electron chi connectivity index (χ3n) is 4.81. The number of hydrogen-bond donors (Lipinski definition) is 1. The van der Waals surface area contributed by atoms with Crippen LogP contribution in [0.3, 0.4) is 0 Å². The molecule has 1 saturated heterocycles. The molecule has 1 aromatic carbocycles. The first-order valence-electron chi connectivity index (χ1n) is 8.32. The molecule has 7 heteroatoms. The molecule has 1 fully saturated rings. The van der Waals surface area contributed by atoms with Crippen LogP contribution in [0, 0.1) is 19.7 Å². The Morgan fingerprint density at radius 1 is 1.23 bits per heavy atom. The van der Waals surface area contributed by atoms with Crippen LogP contribution in [0.15, 0.2) is 29.8 Å². The zero-order valence-electron chi connectivity index (χ0n) is 15.1. The van der Waals surface area contributed by atoms with Crippen LogP contribution in [0.5, 0.6) is 0 Å². The highest BCUT2D eigenvalue weighted by Gasteiger charge is 2.45. The number of likely N-dealkylation sites (tertiary alicyclic amines) is 1. The molecule has 1 amide bonds. The zero-order chi connectivity index (χ0) is 19.2. The lowest BCUT2D eigenvalue weighted by molar-refractivity contribution is -0.139. The summed E-state index contributed by atoms with van der Waals surface area (Å²) in [7, 11) is 1.74. The first kappa shape index (κ1) is 17.8. The Kier molecular flexibility index (Phi) is 4.39. The second-order valence-corrected chi connectivity index (χ2v) is 6.31. The number of carbonyl (C=O) groups excluding carboxylic acids is 2. The largest absolute Gasteiger partial charge is 0.507 e. The van der Waals surface area contributed by atoms with Crippen LogP contribution < -0.4 is 0 Å². The van der Waals surface area contributed by atoms with Crippen LogP contribution in [0.4, 0.5) is 4.39 Å². The van der Waals surface area contributed by atoms with Gasteiger partial charge in [-0.05, 0) is 38.5 Å². The molecule has 1 aliphatic heterocycles. The second-order valence-electron chi connectivity index (χ2n) is 6.31. The Morgan fingerprint density at radius 2 is 1.85 bits per heavy atom. The predicted octanol–water partition coefficient (Wildman–Crippen LogP) is 2.62. The molecule has 1 atom stereocenters. The minimum atomic E-state index is -0.764. The van der Waals surface area contributed by atoms with E-state index in [0.717, 1.165) is 0 Å². The zero-order valence-corrected chi connectivity index (χ0v) is 15.1. The van der Waals surface area contributed by atoms with Crippen molar-refractivity contribution in [2.45, 2.75) is 26.8 Å². The number of benzene rings is 1. The molecule has 2 aromatic rings. The fourth-order valence-electron chi connectivity index (χ4n) is 3.45. The van der Waals surface area contributed by atoms with Crippen molar-refractivity contribution in [1.82, 2.24) is 14.7 Å². The van der Waals surface area contributed by atoms with Crippen LogP contribution in [0.2, 0.25) is 0 Å². The summed E-state index contributed by atoms with van der Waals surface area (Å²) in [6.07, 6.45) is 0. The molecule has 26 heavy (non-hydrogen) atoms. The average Bonchev–Trinajstić information content (AvgIpc) is 3.01. The van der Waals surface area contributed by atoms with Gasteiger partial charge in [-0.2, -0.15) is 5.10 Å². The van der Waals surface area contributed by atoms with Gasteiger partial charge in [-0.3, -0.25) is 14.3 Å². The summed E-state index contributed by atoms with van der Waals surface area (Å²) in [4.78, 5) is 26.5. The number of Topliss-reactive ketones (excluding diaryl/α,β-unsaturated/α-hetero) is 1. The third-order valence-corrected chi connectivity index (χ3v) is 4.81. The van der Waals surface area contributed by atoms with Crippen LogP contribution in [-0.4, -0.2) is 38.0 Å². The highest BCUT2D eigenvalue weighted by Crippen LogP contribution is 2.40. The van der Waals surface area contributed by atoms with Crippen molar-refractivity contribution in [3.05, 3.63) is 58.2 Å². The number of carbonyl (C=O) groups is 2. The summed E-state index contributed by atoms with van der Waals surface area (Å²) in [5, 5.41) is 15.2. The number of aromatic nitrogens is 2. The molecule has 1 N–H and O–H groups in total. The van der Waals surface area contributed by atoms with Crippen molar-refractivity contribution < 1.29 is 19.1 Å². The fraction of sp³-hybridized carbons (Fsp3) is 0.316. The van der Waals surface area contributed by atoms with Gasteiger partial charge < -0.3 is 10.0 Å². The number of hydrogen-bond acceptors (Lipinski definition) is 4. The lowest BCUT2D eigenvalue weighted by Crippen LogP contribution is -2.29. The summed E-state index contributed by atoms with van der Waals surface area (Å²) >= 11 is 0. The Balaban J connectivity index is 2.26. The Morgan fingerprint density at radius 3 is 2.35 bits per heavy atom. The van der Waals surface area contributed by atoms with E-state index >= 15 is 0 Å². The first-order valence-corrected chi connectivity index (χ1v) is 8.32. The number of halogens is 1. The quantitative estimate of drug-likeness (QED) is 0.520. The van der Waals surface area contributed by atoms with Crippen molar-refractivity contribution in [3.63, 3.8) is 0 Å². The summed E-state index contributed by atoms with van der Waals surface area (Å²) in [6, 6.07) is 4.81. The summed E-state index contributed by atoms with van der Waals surface area (Å²) in [5.74, 6) is -2.10. The number of aryl methyl sites for hydroxylation is 2. The highest BCUT2D eigenvalue weighted by atomic mass is 19.1. The normalized spacial score (nSPS) is 19.4. The summed E-state index contributed by atoms with van der Waals surface area (Å²) in [5.41, 5.74) is 2.24. The standard InChI is InChI=1S/C19H20FN3O3/c1-5-23-16(12-6-8-13(20)9-7-12)15(18(25)19(23)26)17(24)14-10(2)21-22(4)11(14)3/h6-9,16,24H,5H2,1-4H3/b17-15+. The molecule has 0 radical (unpaired) electrons. The van der Waals surface area contributed by atoms with Gasteiger partial charge in [0.25, 0.3) is 11.7 Å². The number of aliphatic hydroxyl groups is 1. The molecule has 1 unspecified atom stereocenters. The molecule has 0 saturated carbocycles. The van der Waals surface area contributed by atoms with Crippen molar-refractivity contribution in [2.75, 3.05) is 6.54 Å². The van der Waals surface area contributed by atoms with E-state index in [1.807, 2.05) is 0 Å². The number of ketones is 1. The van der Waals surface area contributed by atoms with E-state index < -0.39 is 23.5 Å². The van der Waals surface area contributed by atoms with Gasteiger partial charge in [0.1, 0.15) is 11.6 Å². The van der Waals surface area contributed by atoms with Gasteiger partial charge in [0.05, 0.1) is 22.9 Å². The Labute approximate surface area is 150 Å². The van der Waals surface area contributed by atoms with Crippen molar-refractivity contribution in [3.8, 4) is 0 Å². The number of aliphatic hydroxyl groups excluding tert-OH is 1. The molecule has 0 bridgehead atoms. The summed E-state index contributed by atoms with van der Waals surface area (Å²) < 4.78 is 14.9. The van der Waals surface area contributed by atoms with E-state index in [0.29, 0.717) is 22.5 Å². The van der Waals surface area contributed by atoms with Crippen LogP contribution in [0.25, 0.3) is 5.76 Å². The maximum Gasteiger partial charge on any atom is 0.295 e. The molecular weight excluding hydrogens is 337 g/mol. The van der Waals surface area contributed by atoms with Gasteiger partial charge in [0, 0.05) is 19.3 Å².